The maximum Gasteiger partial charge on any atom is 0.172 e. The van der Waals surface area contributed by atoms with Gasteiger partial charge in [0.1, 0.15) is 17.3 Å². The van der Waals surface area contributed by atoms with Crippen LogP contribution in [0, 0.1) is 5.82 Å². The molecule has 1 heterocycles. The molecule has 0 amide bonds. The smallest absolute Gasteiger partial charge is 0.172 e. The van der Waals surface area contributed by atoms with Crippen molar-refractivity contribution >= 4 is 0 Å². The van der Waals surface area contributed by atoms with Crippen LogP contribution in [0.2, 0.25) is 0 Å². The van der Waals surface area contributed by atoms with Crippen molar-refractivity contribution in [1.29, 1.82) is 0 Å². The van der Waals surface area contributed by atoms with Crippen LogP contribution in [0.5, 0.6) is 11.5 Å². The lowest BCUT2D eigenvalue weighted by molar-refractivity contribution is 0.482. The lowest BCUT2D eigenvalue weighted by Crippen LogP contribution is -1.86. The Morgan fingerprint density at radius 1 is 0.947 bits per heavy atom. The maximum atomic E-state index is 12.8. The quantitative estimate of drug-likeness (QED) is 0.766. The third kappa shape index (κ3) is 2.47. The summed E-state index contributed by atoms with van der Waals surface area (Å²) in [6.07, 6.45) is 1.60. The zero-order valence-electron chi connectivity index (χ0n) is 10.0. The Labute approximate surface area is 109 Å². The molecule has 0 aliphatic rings. The zero-order valence-corrected chi connectivity index (χ0v) is 10.0. The van der Waals surface area contributed by atoms with Crippen LogP contribution < -0.4 is 4.74 Å². The van der Waals surface area contributed by atoms with Gasteiger partial charge in [0.15, 0.2) is 5.75 Å². The Morgan fingerprint density at radius 2 is 1.68 bits per heavy atom. The van der Waals surface area contributed by atoms with Crippen LogP contribution >= 0.6 is 0 Å². The van der Waals surface area contributed by atoms with Crippen LogP contribution in [0.15, 0.2) is 60.8 Å². The summed E-state index contributed by atoms with van der Waals surface area (Å²) in [5.41, 5.74) is 1.78. The van der Waals surface area contributed by atoms with Crippen molar-refractivity contribution < 1.29 is 9.13 Å². The molecule has 3 aromatic rings. The van der Waals surface area contributed by atoms with E-state index in [2.05, 4.69) is 10.2 Å². The number of halogens is 1. The zero-order chi connectivity index (χ0) is 13.1. The van der Waals surface area contributed by atoms with Gasteiger partial charge in [0, 0.05) is 5.56 Å². The molecule has 0 fully saturated rings. The molecule has 4 heteroatoms. The lowest BCUT2D eigenvalue weighted by atomic mass is 10.1. The summed E-state index contributed by atoms with van der Waals surface area (Å²) in [6, 6.07) is 15.6. The van der Waals surface area contributed by atoms with Gasteiger partial charge in [0.2, 0.25) is 0 Å². The number of hydrogen-bond acceptors (Lipinski definition) is 2. The van der Waals surface area contributed by atoms with E-state index in [4.69, 9.17) is 4.74 Å². The first-order valence-corrected chi connectivity index (χ1v) is 5.85. The standard InChI is InChI=1S/C15H11FN2O/c16-12-6-8-13(9-7-12)19-14-10-17-18-15(14)11-4-2-1-3-5-11/h1-10H,(H,17,18). The summed E-state index contributed by atoms with van der Waals surface area (Å²) < 4.78 is 18.5. The summed E-state index contributed by atoms with van der Waals surface area (Å²) in [4.78, 5) is 0. The molecule has 0 aliphatic carbocycles. The highest BCUT2D eigenvalue weighted by Crippen LogP contribution is 2.30. The summed E-state index contributed by atoms with van der Waals surface area (Å²) in [6.45, 7) is 0. The predicted molar refractivity (Wildman–Crippen MR) is 70.5 cm³/mol. The summed E-state index contributed by atoms with van der Waals surface area (Å²) >= 11 is 0. The molecule has 1 aromatic heterocycles. The van der Waals surface area contributed by atoms with Crippen molar-refractivity contribution in [3.05, 3.63) is 66.6 Å². The minimum absolute atomic E-state index is 0.289. The van der Waals surface area contributed by atoms with Gasteiger partial charge in [0.25, 0.3) is 0 Å². The molecule has 0 spiro atoms. The highest BCUT2D eigenvalue weighted by molar-refractivity contribution is 5.65. The third-order valence-electron chi connectivity index (χ3n) is 2.71. The average Bonchev–Trinajstić information content (AvgIpc) is 2.90. The van der Waals surface area contributed by atoms with Gasteiger partial charge in [-0.15, -0.1) is 0 Å². The molecule has 0 saturated heterocycles. The second-order valence-corrected chi connectivity index (χ2v) is 4.03. The largest absolute Gasteiger partial charge is 0.453 e. The summed E-state index contributed by atoms with van der Waals surface area (Å²) in [7, 11) is 0. The Kier molecular flexibility index (Phi) is 2.98. The first-order valence-electron chi connectivity index (χ1n) is 5.85. The van der Waals surface area contributed by atoms with Gasteiger partial charge in [-0.2, -0.15) is 5.10 Å². The fraction of sp³-hybridized carbons (Fsp3) is 0. The van der Waals surface area contributed by atoms with Gasteiger partial charge in [-0.25, -0.2) is 4.39 Å². The molecule has 2 aromatic carbocycles. The Hall–Kier alpha value is -2.62. The lowest BCUT2D eigenvalue weighted by Gasteiger charge is -2.06. The molecule has 0 bridgehead atoms. The van der Waals surface area contributed by atoms with Crippen molar-refractivity contribution in [2.24, 2.45) is 0 Å². The number of nitrogens with one attached hydrogen (secondary N) is 1. The number of rotatable bonds is 3. The van der Waals surface area contributed by atoms with E-state index < -0.39 is 0 Å². The van der Waals surface area contributed by atoms with Crippen molar-refractivity contribution in [3.8, 4) is 22.8 Å². The first-order chi connectivity index (χ1) is 9.33. The van der Waals surface area contributed by atoms with Crippen LogP contribution in [-0.2, 0) is 0 Å². The van der Waals surface area contributed by atoms with Gasteiger partial charge in [0.05, 0.1) is 6.20 Å². The topological polar surface area (TPSA) is 37.9 Å². The van der Waals surface area contributed by atoms with E-state index in [1.54, 1.807) is 18.3 Å². The summed E-state index contributed by atoms with van der Waals surface area (Å²) in [5, 5.41) is 6.89. The Bertz CT molecular complexity index is 662. The molecular weight excluding hydrogens is 243 g/mol. The molecule has 19 heavy (non-hydrogen) atoms. The van der Waals surface area contributed by atoms with Crippen molar-refractivity contribution in [3.63, 3.8) is 0 Å². The molecule has 0 radical (unpaired) electrons. The molecule has 94 valence electrons. The predicted octanol–water partition coefficient (Wildman–Crippen LogP) is 4.01. The Balaban J connectivity index is 1.91. The van der Waals surface area contributed by atoms with Crippen LogP contribution in [0.1, 0.15) is 0 Å². The van der Waals surface area contributed by atoms with Gasteiger partial charge in [-0.05, 0) is 24.3 Å². The van der Waals surface area contributed by atoms with Gasteiger partial charge in [-0.1, -0.05) is 30.3 Å². The number of ether oxygens (including phenoxy) is 1. The normalized spacial score (nSPS) is 10.4. The number of H-pyrrole nitrogens is 1. The van der Waals surface area contributed by atoms with Crippen LogP contribution in [-0.4, -0.2) is 10.2 Å². The van der Waals surface area contributed by atoms with Gasteiger partial charge in [-0.3, -0.25) is 5.10 Å². The van der Waals surface area contributed by atoms with E-state index in [0.717, 1.165) is 11.3 Å². The number of nitrogens with zero attached hydrogens (tertiary/aromatic N) is 1. The molecule has 0 aliphatic heterocycles. The SMILES string of the molecule is Fc1ccc(Oc2cn[nH]c2-c2ccccc2)cc1. The van der Waals surface area contributed by atoms with Crippen LogP contribution in [0.4, 0.5) is 4.39 Å². The number of benzene rings is 2. The minimum Gasteiger partial charge on any atom is -0.453 e. The second-order valence-electron chi connectivity index (χ2n) is 4.03. The van der Waals surface area contributed by atoms with Gasteiger partial charge < -0.3 is 4.74 Å². The number of aromatic amines is 1. The minimum atomic E-state index is -0.289. The average molecular weight is 254 g/mol. The van der Waals surface area contributed by atoms with E-state index in [0.29, 0.717) is 11.5 Å². The van der Waals surface area contributed by atoms with Crippen molar-refractivity contribution in [1.82, 2.24) is 10.2 Å². The van der Waals surface area contributed by atoms with E-state index >= 15 is 0 Å². The van der Waals surface area contributed by atoms with Gasteiger partial charge >= 0.3 is 0 Å². The molecule has 3 nitrogen and oxygen atoms in total. The molecule has 0 saturated carbocycles. The van der Waals surface area contributed by atoms with Crippen molar-refractivity contribution in [2.75, 3.05) is 0 Å². The first kappa shape index (κ1) is 11.5. The van der Waals surface area contributed by atoms with E-state index in [9.17, 15) is 4.39 Å². The van der Waals surface area contributed by atoms with E-state index in [-0.39, 0.29) is 5.82 Å². The third-order valence-corrected chi connectivity index (χ3v) is 2.71. The van der Waals surface area contributed by atoms with E-state index in [1.807, 2.05) is 30.3 Å². The summed E-state index contributed by atoms with van der Waals surface area (Å²) in [5.74, 6) is 0.889. The van der Waals surface area contributed by atoms with Crippen LogP contribution in [0.3, 0.4) is 0 Å². The highest BCUT2D eigenvalue weighted by Gasteiger charge is 2.09. The monoisotopic (exact) mass is 254 g/mol. The second kappa shape index (κ2) is 4.94. The molecule has 1 N–H and O–H groups in total. The fourth-order valence-corrected chi connectivity index (χ4v) is 1.79. The molecule has 0 atom stereocenters. The van der Waals surface area contributed by atoms with Crippen LogP contribution in [0.25, 0.3) is 11.3 Å². The maximum absolute atomic E-state index is 12.8. The molecule has 3 rings (SSSR count). The highest BCUT2D eigenvalue weighted by atomic mass is 19.1. The Morgan fingerprint density at radius 3 is 2.42 bits per heavy atom. The number of aromatic nitrogens is 2. The van der Waals surface area contributed by atoms with E-state index in [1.165, 1.54) is 12.1 Å². The molecule has 0 unspecified atom stereocenters. The van der Waals surface area contributed by atoms with Crippen molar-refractivity contribution in [2.45, 2.75) is 0 Å². The number of hydrogen-bond donors (Lipinski definition) is 1. The molecular formula is C15H11FN2O. The fourth-order valence-electron chi connectivity index (χ4n) is 1.79.